The van der Waals surface area contributed by atoms with Crippen molar-refractivity contribution in [1.29, 1.82) is 0 Å². The molecule has 170 valence electrons. The molecular weight excluding hydrogens is 504 g/mol. The highest BCUT2D eigenvalue weighted by molar-refractivity contribution is 9.10. The van der Waals surface area contributed by atoms with Gasteiger partial charge in [0.1, 0.15) is 10.0 Å². The lowest BCUT2D eigenvalue weighted by atomic mass is 10.0. The van der Waals surface area contributed by atoms with E-state index in [9.17, 15) is 4.79 Å². The van der Waals surface area contributed by atoms with E-state index in [0.29, 0.717) is 19.0 Å². The van der Waals surface area contributed by atoms with Crippen molar-refractivity contribution in [2.24, 2.45) is 0 Å². The Labute approximate surface area is 205 Å². The van der Waals surface area contributed by atoms with Gasteiger partial charge in [-0.3, -0.25) is 9.69 Å². The number of anilines is 1. The summed E-state index contributed by atoms with van der Waals surface area (Å²) in [5.74, 6) is 0.0727. The van der Waals surface area contributed by atoms with E-state index >= 15 is 0 Å². The van der Waals surface area contributed by atoms with Gasteiger partial charge in [0.15, 0.2) is 0 Å². The summed E-state index contributed by atoms with van der Waals surface area (Å²) in [7, 11) is 0. The standard InChI is InChI=1S/C24H29BrN4OS2/c1-3-14(2)26-10-8-21(30)28-24-22(23-27-18-12-15(25)4-7-19(18)31-23)17-9-11-29(16-5-6-16)13-20(17)32-24/h4,7,12,14,16,26H,3,5-6,8-11,13H2,1-2H3,(H,28,30). The molecular formula is C24H29BrN4OS2. The van der Waals surface area contributed by atoms with Crippen LogP contribution >= 0.6 is 38.6 Å². The highest BCUT2D eigenvalue weighted by atomic mass is 79.9. The number of hydrogen-bond acceptors (Lipinski definition) is 6. The SMILES string of the molecule is CCC(C)NCCC(=O)Nc1sc2c(c1-c1nc3cc(Br)ccc3s1)CCN(C1CC1)C2. The van der Waals surface area contributed by atoms with Crippen molar-refractivity contribution in [1.82, 2.24) is 15.2 Å². The van der Waals surface area contributed by atoms with E-state index in [1.54, 1.807) is 22.7 Å². The van der Waals surface area contributed by atoms with Crippen LogP contribution in [0.2, 0.25) is 0 Å². The van der Waals surface area contributed by atoms with E-state index in [2.05, 4.69) is 63.5 Å². The van der Waals surface area contributed by atoms with Gasteiger partial charge in [-0.15, -0.1) is 22.7 Å². The molecule has 1 fully saturated rings. The van der Waals surface area contributed by atoms with E-state index < -0.39 is 0 Å². The third kappa shape index (κ3) is 4.80. The van der Waals surface area contributed by atoms with E-state index in [1.165, 1.54) is 28.0 Å². The topological polar surface area (TPSA) is 57.3 Å². The first kappa shape index (κ1) is 22.5. The summed E-state index contributed by atoms with van der Waals surface area (Å²) in [5.41, 5.74) is 3.55. The molecule has 2 aromatic heterocycles. The normalized spacial score (nSPS) is 17.5. The van der Waals surface area contributed by atoms with Crippen LogP contribution in [0.1, 0.15) is 50.0 Å². The highest BCUT2D eigenvalue weighted by Gasteiger charge is 2.34. The summed E-state index contributed by atoms with van der Waals surface area (Å²) in [5, 5.41) is 8.65. The summed E-state index contributed by atoms with van der Waals surface area (Å²) in [6.07, 6.45) is 5.23. The largest absolute Gasteiger partial charge is 0.317 e. The fourth-order valence-corrected chi connectivity index (χ4v) is 6.99. The second-order valence-corrected chi connectivity index (χ2v) is 11.9. The minimum absolute atomic E-state index is 0.0727. The Hall–Kier alpha value is -1.32. The van der Waals surface area contributed by atoms with Crippen molar-refractivity contribution in [2.45, 2.75) is 64.6 Å². The zero-order chi connectivity index (χ0) is 22.2. The van der Waals surface area contributed by atoms with Gasteiger partial charge in [0.05, 0.1) is 10.2 Å². The Kier molecular flexibility index (Phi) is 6.67. The predicted molar refractivity (Wildman–Crippen MR) is 139 cm³/mol. The zero-order valence-corrected chi connectivity index (χ0v) is 21.8. The van der Waals surface area contributed by atoms with Crippen molar-refractivity contribution in [3.63, 3.8) is 0 Å². The Morgan fingerprint density at radius 2 is 2.19 bits per heavy atom. The van der Waals surface area contributed by atoms with Gasteiger partial charge >= 0.3 is 0 Å². The van der Waals surface area contributed by atoms with Crippen molar-refractivity contribution >= 4 is 59.7 Å². The molecule has 1 atom stereocenters. The summed E-state index contributed by atoms with van der Waals surface area (Å²) < 4.78 is 2.21. The summed E-state index contributed by atoms with van der Waals surface area (Å²) in [6, 6.07) is 7.45. The van der Waals surface area contributed by atoms with Crippen LogP contribution in [0, 0.1) is 0 Å². The number of carbonyl (C=O) groups is 1. The Bertz CT molecular complexity index is 1140. The fraction of sp³-hybridized carbons (Fsp3) is 0.500. The van der Waals surface area contributed by atoms with Crippen LogP contribution in [0.4, 0.5) is 5.00 Å². The van der Waals surface area contributed by atoms with E-state index in [1.807, 2.05) is 0 Å². The maximum Gasteiger partial charge on any atom is 0.226 e. The van der Waals surface area contributed by atoms with Crippen molar-refractivity contribution in [3.8, 4) is 10.6 Å². The van der Waals surface area contributed by atoms with Crippen molar-refractivity contribution in [3.05, 3.63) is 33.1 Å². The van der Waals surface area contributed by atoms with E-state index in [-0.39, 0.29) is 5.91 Å². The number of thiazole rings is 1. The lowest BCUT2D eigenvalue weighted by Crippen LogP contribution is -2.31. The molecule has 1 amide bonds. The maximum absolute atomic E-state index is 12.8. The third-order valence-corrected chi connectivity index (χ3v) is 9.10. The van der Waals surface area contributed by atoms with Crippen LogP contribution in [-0.2, 0) is 17.8 Å². The van der Waals surface area contributed by atoms with Gasteiger partial charge in [-0.05, 0) is 56.4 Å². The average molecular weight is 534 g/mol. The van der Waals surface area contributed by atoms with Crippen LogP contribution in [0.15, 0.2) is 22.7 Å². The average Bonchev–Trinajstić information content (AvgIpc) is 3.45. The molecule has 2 aliphatic rings. The number of halogens is 1. The number of nitrogens with zero attached hydrogens (tertiary/aromatic N) is 2. The molecule has 0 bridgehead atoms. The van der Waals surface area contributed by atoms with Crippen LogP contribution in [0.25, 0.3) is 20.8 Å². The quantitative estimate of drug-likeness (QED) is 0.372. The number of fused-ring (bicyclic) bond motifs is 2. The summed E-state index contributed by atoms with van der Waals surface area (Å²) in [6.45, 7) is 7.11. The van der Waals surface area contributed by atoms with Gasteiger partial charge in [-0.25, -0.2) is 4.98 Å². The van der Waals surface area contributed by atoms with Gasteiger partial charge in [0.25, 0.3) is 0 Å². The molecule has 1 aliphatic carbocycles. The molecule has 1 aromatic carbocycles. The van der Waals surface area contributed by atoms with Gasteiger partial charge in [0, 0.05) is 53.1 Å². The van der Waals surface area contributed by atoms with Gasteiger partial charge < -0.3 is 10.6 Å². The number of nitrogens with one attached hydrogen (secondary N) is 2. The van der Waals surface area contributed by atoms with Crippen LogP contribution in [-0.4, -0.2) is 41.0 Å². The summed E-state index contributed by atoms with van der Waals surface area (Å²) in [4.78, 5) is 21.8. The second kappa shape index (κ2) is 9.50. The molecule has 32 heavy (non-hydrogen) atoms. The van der Waals surface area contributed by atoms with Crippen LogP contribution in [0.3, 0.4) is 0 Å². The van der Waals surface area contributed by atoms with Gasteiger partial charge in [-0.1, -0.05) is 22.9 Å². The first-order valence-corrected chi connectivity index (χ1v) is 13.9. The lowest BCUT2D eigenvalue weighted by molar-refractivity contribution is -0.116. The third-order valence-electron chi connectivity index (χ3n) is 6.42. The molecule has 5 nitrogen and oxygen atoms in total. The molecule has 8 heteroatoms. The van der Waals surface area contributed by atoms with Crippen LogP contribution in [0.5, 0.6) is 0 Å². The molecule has 1 unspecified atom stereocenters. The van der Waals surface area contributed by atoms with E-state index in [0.717, 1.165) is 57.5 Å². The molecule has 1 aliphatic heterocycles. The number of hydrogen-bond donors (Lipinski definition) is 2. The van der Waals surface area contributed by atoms with Gasteiger partial charge in [0.2, 0.25) is 5.91 Å². The Morgan fingerprint density at radius 1 is 1.34 bits per heavy atom. The predicted octanol–water partition coefficient (Wildman–Crippen LogP) is 6.02. The van der Waals surface area contributed by atoms with Crippen LogP contribution < -0.4 is 10.6 Å². The highest BCUT2D eigenvalue weighted by Crippen LogP contribution is 2.47. The zero-order valence-electron chi connectivity index (χ0n) is 18.5. The molecule has 0 radical (unpaired) electrons. The lowest BCUT2D eigenvalue weighted by Gasteiger charge is -2.26. The first-order chi connectivity index (χ1) is 15.5. The fourth-order valence-electron chi connectivity index (χ4n) is 4.26. The molecule has 3 heterocycles. The number of benzene rings is 1. The molecule has 3 aromatic rings. The minimum atomic E-state index is 0.0727. The first-order valence-electron chi connectivity index (χ1n) is 11.5. The number of thiophene rings is 1. The van der Waals surface area contributed by atoms with Crippen molar-refractivity contribution < 1.29 is 4.79 Å². The minimum Gasteiger partial charge on any atom is -0.317 e. The number of carbonyl (C=O) groups excluding carboxylic acids is 1. The summed E-state index contributed by atoms with van der Waals surface area (Å²) >= 11 is 7.04. The molecule has 0 spiro atoms. The number of aromatic nitrogens is 1. The molecule has 0 saturated heterocycles. The molecule has 2 N–H and O–H groups in total. The molecule has 1 saturated carbocycles. The smallest absolute Gasteiger partial charge is 0.226 e. The number of amides is 1. The Balaban J connectivity index is 1.44. The number of rotatable bonds is 8. The Morgan fingerprint density at radius 3 is 2.97 bits per heavy atom. The monoisotopic (exact) mass is 532 g/mol. The van der Waals surface area contributed by atoms with Crippen molar-refractivity contribution in [2.75, 3.05) is 18.4 Å². The van der Waals surface area contributed by atoms with E-state index in [4.69, 9.17) is 4.98 Å². The second-order valence-electron chi connectivity index (χ2n) is 8.85. The molecule has 5 rings (SSSR count). The maximum atomic E-state index is 12.8. The van der Waals surface area contributed by atoms with Gasteiger partial charge in [-0.2, -0.15) is 0 Å².